The van der Waals surface area contributed by atoms with E-state index in [2.05, 4.69) is 5.32 Å². The lowest BCUT2D eigenvalue weighted by molar-refractivity contribution is -0.139. The van der Waals surface area contributed by atoms with E-state index in [1.54, 1.807) is 37.3 Å². The average molecular weight is 577 g/mol. The second kappa shape index (κ2) is 12.7. The van der Waals surface area contributed by atoms with E-state index in [1.807, 2.05) is 43.3 Å². The van der Waals surface area contributed by atoms with Crippen molar-refractivity contribution < 1.29 is 18.0 Å². The first kappa shape index (κ1) is 29.5. The van der Waals surface area contributed by atoms with Crippen molar-refractivity contribution in [2.45, 2.75) is 32.9 Å². The minimum Gasteiger partial charge on any atom is -0.357 e. The molecule has 0 aliphatic carbocycles. The molecule has 0 aliphatic rings. The van der Waals surface area contributed by atoms with Gasteiger partial charge in [-0.15, -0.1) is 0 Å². The Bertz CT molecular complexity index is 1390. The molecule has 0 saturated carbocycles. The van der Waals surface area contributed by atoms with Gasteiger partial charge < -0.3 is 10.2 Å². The summed E-state index contributed by atoms with van der Waals surface area (Å²) in [4.78, 5) is 28.5. The molecule has 202 valence electrons. The van der Waals surface area contributed by atoms with Crippen molar-refractivity contribution in [3.8, 4) is 0 Å². The first-order valence-corrected chi connectivity index (χ1v) is 14.6. The van der Waals surface area contributed by atoms with Crippen molar-refractivity contribution in [2.75, 3.05) is 24.2 Å². The molecule has 1 unspecified atom stereocenters. The van der Waals surface area contributed by atoms with Crippen molar-refractivity contribution in [1.29, 1.82) is 0 Å². The van der Waals surface area contributed by atoms with Crippen LogP contribution >= 0.6 is 23.2 Å². The predicted molar refractivity (Wildman–Crippen MR) is 153 cm³/mol. The van der Waals surface area contributed by atoms with Gasteiger partial charge in [-0.1, -0.05) is 71.7 Å². The molecule has 38 heavy (non-hydrogen) atoms. The first-order chi connectivity index (χ1) is 17.9. The number of hydrogen-bond donors (Lipinski definition) is 1. The summed E-state index contributed by atoms with van der Waals surface area (Å²) in [5, 5.41) is 3.30. The number of nitrogens with zero attached hydrogens (tertiary/aromatic N) is 2. The van der Waals surface area contributed by atoms with E-state index in [1.165, 1.54) is 11.9 Å². The number of likely N-dealkylation sites (N-methyl/N-ethyl adjacent to an activating group) is 1. The third kappa shape index (κ3) is 7.28. The maximum Gasteiger partial charge on any atom is 0.244 e. The highest BCUT2D eigenvalue weighted by molar-refractivity contribution is 7.92. The molecule has 0 spiro atoms. The van der Waals surface area contributed by atoms with Crippen molar-refractivity contribution in [3.05, 3.63) is 99.0 Å². The molecule has 1 atom stereocenters. The van der Waals surface area contributed by atoms with Crippen LogP contribution in [0.3, 0.4) is 0 Å². The third-order valence-corrected chi connectivity index (χ3v) is 8.05. The van der Waals surface area contributed by atoms with Crippen LogP contribution in [0.5, 0.6) is 0 Å². The van der Waals surface area contributed by atoms with Crippen LogP contribution in [0.15, 0.2) is 66.7 Å². The number of rotatable bonds is 10. The number of carbonyl (C=O) groups excluding carboxylic acids is 2. The molecule has 1 N–H and O–H groups in total. The normalized spacial score (nSPS) is 12.1. The van der Waals surface area contributed by atoms with E-state index >= 15 is 0 Å². The van der Waals surface area contributed by atoms with E-state index in [4.69, 9.17) is 23.2 Å². The van der Waals surface area contributed by atoms with Gasteiger partial charge in [0.1, 0.15) is 12.6 Å². The molecule has 10 heteroatoms. The maximum absolute atomic E-state index is 14.0. The molecule has 0 heterocycles. The number of carbonyl (C=O) groups is 2. The number of hydrogen-bond acceptors (Lipinski definition) is 4. The Morgan fingerprint density at radius 2 is 1.58 bits per heavy atom. The summed E-state index contributed by atoms with van der Waals surface area (Å²) in [6.07, 6.45) is 1.26. The highest BCUT2D eigenvalue weighted by Crippen LogP contribution is 2.29. The predicted octanol–water partition coefficient (Wildman–Crippen LogP) is 4.76. The zero-order chi connectivity index (χ0) is 28.0. The molecule has 0 aromatic heterocycles. The van der Waals surface area contributed by atoms with Crippen LogP contribution in [0.2, 0.25) is 10.0 Å². The van der Waals surface area contributed by atoms with Gasteiger partial charge >= 0.3 is 0 Å². The summed E-state index contributed by atoms with van der Waals surface area (Å²) in [5.74, 6) is -0.972. The Morgan fingerprint density at radius 1 is 0.947 bits per heavy atom. The maximum atomic E-state index is 14.0. The number of halogens is 2. The van der Waals surface area contributed by atoms with E-state index in [0.717, 1.165) is 21.7 Å². The quantitative estimate of drug-likeness (QED) is 0.377. The number of benzene rings is 3. The topological polar surface area (TPSA) is 86.8 Å². The Balaban J connectivity index is 2.10. The molecular formula is C28H31Cl2N3O4S. The van der Waals surface area contributed by atoms with E-state index in [-0.39, 0.29) is 13.0 Å². The number of aryl methyl sites for hydroxylation is 2. The van der Waals surface area contributed by atoms with Gasteiger partial charge in [-0.25, -0.2) is 8.42 Å². The Labute approximate surface area is 234 Å². The fraction of sp³-hybridized carbons (Fsp3) is 0.286. The van der Waals surface area contributed by atoms with E-state index < -0.39 is 34.4 Å². The minimum atomic E-state index is -3.85. The third-order valence-electron chi connectivity index (χ3n) is 6.22. The van der Waals surface area contributed by atoms with Crippen LogP contribution in [0.1, 0.15) is 22.3 Å². The fourth-order valence-electron chi connectivity index (χ4n) is 4.16. The molecule has 0 radical (unpaired) electrons. The van der Waals surface area contributed by atoms with Gasteiger partial charge in [0.2, 0.25) is 21.8 Å². The minimum absolute atomic E-state index is 0.0906. The van der Waals surface area contributed by atoms with Crippen molar-refractivity contribution in [3.63, 3.8) is 0 Å². The van der Waals surface area contributed by atoms with Crippen LogP contribution in [0.25, 0.3) is 0 Å². The molecule has 2 amide bonds. The number of anilines is 1. The van der Waals surface area contributed by atoms with Gasteiger partial charge in [-0.05, 0) is 48.7 Å². The summed E-state index contributed by atoms with van der Waals surface area (Å²) in [6.45, 7) is 3.03. The van der Waals surface area contributed by atoms with Gasteiger partial charge in [-0.2, -0.15) is 0 Å². The standard InChI is InChI=1S/C28H31Cl2N3O4S/c1-19-13-14-20(2)25(15-19)33(38(4,36)37)18-27(34)32(17-22-23(29)11-8-12-24(22)30)26(28(35)31-3)16-21-9-6-5-7-10-21/h5-15,26H,16-18H2,1-4H3,(H,31,35). The Hall–Kier alpha value is -3.07. The molecule has 0 fully saturated rings. The number of sulfonamides is 1. The van der Waals surface area contributed by atoms with Crippen LogP contribution in [0.4, 0.5) is 5.69 Å². The summed E-state index contributed by atoms with van der Waals surface area (Å²) in [6, 6.07) is 18.7. The Kier molecular flexibility index (Phi) is 9.82. The number of amides is 2. The van der Waals surface area contributed by atoms with Crippen molar-refractivity contribution in [2.24, 2.45) is 0 Å². The lowest BCUT2D eigenvalue weighted by Gasteiger charge is -2.34. The smallest absolute Gasteiger partial charge is 0.244 e. The second-order valence-electron chi connectivity index (χ2n) is 9.10. The largest absolute Gasteiger partial charge is 0.357 e. The van der Waals surface area contributed by atoms with Gasteiger partial charge in [0.25, 0.3) is 0 Å². The average Bonchev–Trinajstić information content (AvgIpc) is 2.87. The highest BCUT2D eigenvalue weighted by atomic mass is 35.5. The number of nitrogens with one attached hydrogen (secondary N) is 1. The van der Waals surface area contributed by atoms with Gasteiger partial charge in [-0.3, -0.25) is 13.9 Å². The Morgan fingerprint density at radius 3 is 2.16 bits per heavy atom. The summed E-state index contributed by atoms with van der Waals surface area (Å²) in [5.41, 5.74) is 3.24. The SMILES string of the molecule is CNC(=O)C(Cc1ccccc1)N(Cc1c(Cl)cccc1Cl)C(=O)CN(c1cc(C)ccc1C)S(C)(=O)=O. The van der Waals surface area contributed by atoms with Crippen LogP contribution in [-0.2, 0) is 32.6 Å². The van der Waals surface area contributed by atoms with Crippen molar-refractivity contribution in [1.82, 2.24) is 10.2 Å². The van der Waals surface area contributed by atoms with Crippen LogP contribution < -0.4 is 9.62 Å². The molecule has 7 nitrogen and oxygen atoms in total. The van der Waals surface area contributed by atoms with Gasteiger partial charge in [0.05, 0.1) is 11.9 Å². The molecule has 0 bridgehead atoms. The zero-order valence-corrected chi connectivity index (χ0v) is 24.1. The lowest BCUT2D eigenvalue weighted by Crippen LogP contribution is -2.53. The monoisotopic (exact) mass is 575 g/mol. The molecule has 3 aromatic rings. The van der Waals surface area contributed by atoms with Gasteiger partial charge in [0, 0.05) is 35.6 Å². The van der Waals surface area contributed by atoms with E-state index in [9.17, 15) is 18.0 Å². The molecule has 0 aliphatic heterocycles. The molecule has 3 aromatic carbocycles. The van der Waals surface area contributed by atoms with Gasteiger partial charge in [0.15, 0.2) is 0 Å². The van der Waals surface area contributed by atoms with E-state index in [0.29, 0.717) is 26.9 Å². The molecule has 3 rings (SSSR count). The first-order valence-electron chi connectivity index (χ1n) is 11.9. The molecule has 0 saturated heterocycles. The summed E-state index contributed by atoms with van der Waals surface area (Å²) in [7, 11) is -2.36. The van der Waals surface area contributed by atoms with Crippen molar-refractivity contribution >= 4 is 50.7 Å². The summed E-state index contributed by atoms with van der Waals surface area (Å²) < 4.78 is 26.9. The van der Waals surface area contributed by atoms with Crippen LogP contribution in [-0.4, -0.2) is 51.0 Å². The van der Waals surface area contributed by atoms with Crippen LogP contribution in [0, 0.1) is 13.8 Å². The fourth-order valence-corrected chi connectivity index (χ4v) is 5.57. The lowest BCUT2D eigenvalue weighted by atomic mass is 10.0. The second-order valence-corrected chi connectivity index (χ2v) is 11.8. The summed E-state index contributed by atoms with van der Waals surface area (Å²) >= 11 is 12.9. The highest BCUT2D eigenvalue weighted by Gasteiger charge is 2.33. The zero-order valence-electron chi connectivity index (χ0n) is 21.7. The molecular weight excluding hydrogens is 545 g/mol.